The van der Waals surface area contributed by atoms with Gasteiger partial charge in [0, 0.05) is 19.3 Å². The van der Waals surface area contributed by atoms with Crippen molar-refractivity contribution in [2.75, 3.05) is 0 Å². The number of rotatable bonds is 27. The molecule has 0 aliphatic heterocycles. The molecular weight excluding hydrogens is 420 g/mol. The van der Waals surface area contributed by atoms with Gasteiger partial charge in [-0.25, -0.2) is 0 Å². The molecule has 0 spiro atoms. The molecule has 0 aromatic carbocycles. The van der Waals surface area contributed by atoms with Crippen molar-refractivity contribution >= 4 is 11.8 Å². The number of unbranched alkanes of at least 4 members (excludes halogenated alkanes) is 18. The van der Waals surface area contributed by atoms with Gasteiger partial charge in [-0.05, 0) is 39.0 Å². The van der Waals surface area contributed by atoms with Gasteiger partial charge in [0.05, 0.1) is 6.10 Å². The topological polar surface area (TPSA) is 43.4 Å². The summed E-state index contributed by atoms with van der Waals surface area (Å²) in [7, 11) is 0. The second kappa shape index (κ2) is 26.7. The number of ether oxygens (including phenoxy) is 1. The molecule has 0 N–H and O–H groups in total. The summed E-state index contributed by atoms with van der Waals surface area (Å²) in [4.78, 5) is 24.0. The first-order valence-electron chi connectivity index (χ1n) is 15.3. The number of hydrogen-bond donors (Lipinski definition) is 0. The predicted octanol–water partition coefficient (Wildman–Crippen LogP) is 10.3. The zero-order valence-corrected chi connectivity index (χ0v) is 23.5. The van der Waals surface area contributed by atoms with E-state index in [0.717, 1.165) is 44.9 Å². The molecule has 3 nitrogen and oxygen atoms in total. The lowest BCUT2D eigenvalue weighted by molar-refractivity contribution is -0.148. The van der Waals surface area contributed by atoms with Crippen LogP contribution in [0, 0.1) is 0 Å². The highest BCUT2D eigenvalue weighted by molar-refractivity contribution is 5.78. The molecule has 0 aromatic heterocycles. The van der Waals surface area contributed by atoms with Gasteiger partial charge >= 0.3 is 5.97 Å². The van der Waals surface area contributed by atoms with E-state index in [1.807, 2.05) is 6.92 Å². The predicted molar refractivity (Wildman–Crippen MR) is 147 cm³/mol. The Kier molecular flexibility index (Phi) is 26.1. The minimum absolute atomic E-state index is 0.0249. The third-order valence-electron chi connectivity index (χ3n) is 6.94. The summed E-state index contributed by atoms with van der Waals surface area (Å²) >= 11 is 0. The first kappa shape index (κ1) is 33.1. The molecule has 202 valence electrons. The Labute approximate surface area is 213 Å². The van der Waals surface area contributed by atoms with Crippen molar-refractivity contribution < 1.29 is 14.3 Å². The zero-order valence-electron chi connectivity index (χ0n) is 23.5. The van der Waals surface area contributed by atoms with Gasteiger partial charge in [0.25, 0.3) is 0 Å². The molecule has 0 radical (unpaired) electrons. The molecule has 0 bridgehead atoms. The van der Waals surface area contributed by atoms with Crippen LogP contribution in [0.4, 0.5) is 0 Å². The molecule has 0 amide bonds. The molecule has 34 heavy (non-hydrogen) atoms. The van der Waals surface area contributed by atoms with Crippen LogP contribution in [-0.2, 0) is 14.3 Å². The average Bonchev–Trinajstić information content (AvgIpc) is 2.82. The normalized spacial score (nSPS) is 12.1. The zero-order chi connectivity index (χ0) is 25.1. The molecule has 0 rings (SSSR count). The quantitative estimate of drug-likeness (QED) is 0.0867. The first-order valence-corrected chi connectivity index (χ1v) is 15.3. The van der Waals surface area contributed by atoms with Gasteiger partial charge in [-0.2, -0.15) is 0 Å². The third kappa shape index (κ3) is 25.8. The maximum absolute atomic E-state index is 12.0. The molecule has 0 fully saturated rings. The van der Waals surface area contributed by atoms with Crippen molar-refractivity contribution in [3.8, 4) is 0 Å². The van der Waals surface area contributed by atoms with Gasteiger partial charge in [-0.1, -0.05) is 123 Å². The molecule has 0 aliphatic carbocycles. The van der Waals surface area contributed by atoms with Crippen LogP contribution < -0.4 is 0 Å². The Hall–Kier alpha value is -0.860. The second-order valence-corrected chi connectivity index (χ2v) is 10.6. The summed E-state index contributed by atoms with van der Waals surface area (Å²) in [5.41, 5.74) is 0. The Morgan fingerprint density at radius 3 is 1.29 bits per heavy atom. The summed E-state index contributed by atoms with van der Waals surface area (Å²) in [6.45, 7) is 6.49. The minimum atomic E-state index is -0.0466. The van der Waals surface area contributed by atoms with Crippen LogP contribution in [0.2, 0.25) is 0 Å². The van der Waals surface area contributed by atoms with Crippen molar-refractivity contribution in [3.63, 3.8) is 0 Å². The van der Waals surface area contributed by atoms with E-state index in [1.165, 1.54) is 103 Å². The van der Waals surface area contributed by atoms with E-state index >= 15 is 0 Å². The lowest BCUT2D eigenvalue weighted by Crippen LogP contribution is -2.14. The van der Waals surface area contributed by atoms with Crippen molar-refractivity contribution in [1.29, 1.82) is 0 Å². The highest BCUT2D eigenvalue weighted by Gasteiger charge is 2.10. The molecule has 0 saturated heterocycles. The van der Waals surface area contributed by atoms with E-state index in [1.54, 1.807) is 0 Å². The number of hydrogen-bond acceptors (Lipinski definition) is 3. The fraction of sp³-hybridized carbons (Fsp3) is 0.935. The number of carbonyl (C=O) groups is 2. The monoisotopic (exact) mass is 480 g/mol. The fourth-order valence-corrected chi connectivity index (χ4v) is 4.61. The number of ketones is 1. The molecule has 0 heterocycles. The SMILES string of the molecule is CCCCCCCCCCCCCCCC(=O)OC(C)CCCCC(=O)CCCCCCCC. The third-order valence-corrected chi connectivity index (χ3v) is 6.94. The Bertz CT molecular complexity index is 446. The molecule has 0 aromatic rings. The summed E-state index contributed by atoms with van der Waals surface area (Å²) in [5.74, 6) is 0.359. The summed E-state index contributed by atoms with van der Waals surface area (Å²) < 4.78 is 5.55. The summed E-state index contributed by atoms with van der Waals surface area (Å²) in [5, 5.41) is 0. The first-order chi connectivity index (χ1) is 16.6. The van der Waals surface area contributed by atoms with Gasteiger partial charge in [0.15, 0.2) is 0 Å². The van der Waals surface area contributed by atoms with Crippen LogP contribution in [0.15, 0.2) is 0 Å². The molecule has 0 aliphatic rings. The Balaban J connectivity index is 3.40. The average molecular weight is 481 g/mol. The van der Waals surface area contributed by atoms with E-state index in [9.17, 15) is 9.59 Å². The van der Waals surface area contributed by atoms with Gasteiger partial charge < -0.3 is 4.74 Å². The maximum Gasteiger partial charge on any atom is 0.306 e. The van der Waals surface area contributed by atoms with Crippen LogP contribution in [-0.4, -0.2) is 17.9 Å². The van der Waals surface area contributed by atoms with Crippen LogP contribution >= 0.6 is 0 Å². The minimum Gasteiger partial charge on any atom is -0.463 e. The van der Waals surface area contributed by atoms with Gasteiger partial charge in [0.1, 0.15) is 5.78 Å². The second-order valence-electron chi connectivity index (χ2n) is 10.6. The molecule has 1 atom stereocenters. The summed E-state index contributed by atoms with van der Waals surface area (Å²) in [6, 6.07) is 0. The number of Topliss-reactive ketones (excluding diaryl/α,β-unsaturated/α-hetero) is 1. The van der Waals surface area contributed by atoms with Crippen LogP contribution in [0.1, 0.15) is 181 Å². The van der Waals surface area contributed by atoms with Crippen molar-refractivity contribution in [1.82, 2.24) is 0 Å². The molecule has 1 unspecified atom stereocenters. The van der Waals surface area contributed by atoms with Gasteiger partial charge in [0.2, 0.25) is 0 Å². The lowest BCUT2D eigenvalue weighted by Gasteiger charge is -2.13. The molecule has 0 saturated carbocycles. The van der Waals surface area contributed by atoms with E-state index in [0.29, 0.717) is 18.6 Å². The smallest absolute Gasteiger partial charge is 0.306 e. The van der Waals surface area contributed by atoms with Crippen LogP contribution in [0.3, 0.4) is 0 Å². The standard InChI is InChI=1S/C31H60O3/c1-4-6-8-10-12-13-14-15-16-17-18-20-22-28-31(33)34-29(3)25-23-24-27-30(32)26-21-19-11-9-7-5-2/h29H,4-28H2,1-3H3. The lowest BCUT2D eigenvalue weighted by atomic mass is 10.0. The van der Waals surface area contributed by atoms with Gasteiger partial charge in [-0.15, -0.1) is 0 Å². The molecular formula is C31H60O3. The summed E-state index contributed by atoms with van der Waals surface area (Å²) in [6.07, 6.45) is 29.3. The van der Waals surface area contributed by atoms with Crippen LogP contribution in [0.5, 0.6) is 0 Å². The largest absolute Gasteiger partial charge is 0.463 e. The number of carbonyl (C=O) groups excluding carboxylic acids is 2. The maximum atomic E-state index is 12.0. The van der Waals surface area contributed by atoms with Crippen LogP contribution in [0.25, 0.3) is 0 Å². The Morgan fingerprint density at radius 1 is 0.500 bits per heavy atom. The molecule has 3 heteroatoms. The van der Waals surface area contributed by atoms with Crippen molar-refractivity contribution in [3.05, 3.63) is 0 Å². The van der Waals surface area contributed by atoms with E-state index in [2.05, 4.69) is 13.8 Å². The van der Waals surface area contributed by atoms with Gasteiger partial charge in [-0.3, -0.25) is 9.59 Å². The fourth-order valence-electron chi connectivity index (χ4n) is 4.61. The van der Waals surface area contributed by atoms with E-state index in [-0.39, 0.29) is 12.1 Å². The highest BCUT2D eigenvalue weighted by Crippen LogP contribution is 2.14. The van der Waals surface area contributed by atoms with E-state index < -0.39 is 0 Å². The van der Waals surface area contributed by atoms with Crippen molar-refractivity contribution in [2.24, 2.45) is 0 Å². The Morgan fingerprint density at radius 2 is 0.853 bits per heavy atom. The van der Waals surface area contributed by atoms with E-state index in [4.69, 9.17) is 4.74 Å². The number of esters is 1. The van der Waals surface area contributed by atoms with Crippen molar-refractivity contribution in [2.45, 2.75) is 187 Å². The highest BCUT2D eigenvalue weighted by atomic mass is 16.5.